The van der Waals surface area contributed by atoms with Crippen molar-refractivity contribution in [1.29, 1.82) is 0 Å². The molecule has 222 valence electrons. The molecular weight excluding hydrogens is 548 g/mol. The molecule has 1 amide bonds. The average Bonchev–Trinajstić information content (AvgIpc) is 3.38. The number of benzene rings is 2. The number of carbonyl (C=O) groups excluding carboxylic acids is 1. The first kappa shape index (κ1) is 30.1. The first-order chi connectivity index (χ1) is 20.2. The zero-order valence-corrected chi connectivity index (χ0v) is 25.5. The van der Waals surface area contributed by atoms with E-state index in [2.05, 4.69) is 32.6 Å². The zero-order valence-electron chi connectivity index (χ0n) is 24.7. The number of aliphatic hydroxyl groups is 1. The number of fused-ring (bicyclic) bond motifs is 2. The van der Waals surface area contributed by atoms with Crippen LogP contribution < -0.4 is 15.4 Å². The first-order valence-electron chi connectivity index (χ1n) is 14.8. The monoisotopic (exact) mass is 588 g/mol. The van der Waals surface area contributed by atoms with Crippen molar-refractivity contribution >= 4 is 23.1 Å². The summed E-state index contributed by atoms with van der Waals surface area (Å²) in [5.74, 6) is 0.824. The molecule has 0 spiro atoms. The number of hydrogen-bond donors (Lipinski definition) is 3. The number of amides is 1. The molecule has 2 aromatic carbocycles. The topological polar surface area (TPSA) is 77.1 Å². The summed E-state index contributed by atoms with van der Waals surface area (Å²) in [5.41, 5.74) is 5.08. The predicted molar refractivity (Wildman–Crippen MR) is 169 cm³/mol. The molecular formula is C34H41ClN4O3. The van der Waals surface area contributed by atoms with Crippen LogP contribution in [0.1, 0.15) is 50.3 Å². The fraction of sp³-hybridized carbons (Fsp3) is 0.382. The molecule has 0 saturated carbocycles. The molecule has 0 radical (unpaired) electrons. The summed E-state index contributed by atoms with van der Waals surface area (Å²) < 4.78 is 6.06. The van der Waals surface area contributed by atoms with E-state index in [4.69, 9.17) is 16.3 Å². The van der Waals surface area contributed by atoms with Gasteiger partial charge in [0.25, 0.3) is 0 Å². The highest BCUT2D eigenvalue weighted by molar-refractivity contribution is 6.30. The number of halogens is 1. The van der Waals surface area contributed by atoms with Gasteiger partial charge in [-0.25, -0.2) is 0 Å². The Labute approximate surface area is 254 Å². The van der Waals surface area contributed by atoms with Crippen molar-refractivity contribution in [3.8, 4) is 5.75 Å². The maximum atomic E-state index is 12.6. The largest absolute Gasteiger partial charge is 0.462 e. The Bertz CT molecular complexity index is 1400. The summed E-state index contributed by atoms with van der Waals surface area (Å²) >= 11 is 6.11. The summed E-state index contributed by atoms with van der Waals surface area (Å²) in [6.45, 7) is 10.1. The normalized spacial score (nSPS) is 19.4. The Morgan fingerprint density at radius 1 is 1.26 bits per heavy atom. The summed E-state index contributed by atoms with van der Waals surface area (Å²) in [4.78, 5) is 17.4. The zero-order chi connectivity index (χ0) is 29.7. The lowest BCUT2D eigenvalue weighted by Gasteiger charge is -2.28. The molecule has 42 heavy (non-hydrogen) atoms. The second-order valence-corrected chi connectivity index (χ2v) is 12.1. The highest BCUT2D eigenvalue weighted by Gasteiger charge is 2.29. The molecule has 5 rings (SSSR count). The predicted octanol–water partition coefficient (Wildman–Crippen LogP) is 5.33. The third kappa shape index (κ3) is 7.34. The van der Waals surface area contributed by atoms with E-state index in [0.717, 1.165) is 71.8 Å². The number of allylic oxidation sites excluding steroid dienone is 3. The molecule has 1 unspecified atom stereocenters. The van der Waals surface area contributed by atoms with Crippen molar-refractivity contribution in [2.24, 2.45) is 0 Å². The molecule has 7 nitrogen and oxygen atoms in total. The molecule has 1 fully saturated rings. The van der Waals surface area contributed by atoms with Crippen molar-refractivity contribution in [2.75, 3.05) is 32.7 Å². The van der Waals surface area contributed by atoms with Gasteiger partial charge in [-0.15, -0.1) is 0 Å². The highest BCUT2D eigenvalue weighted by Crippen LogP contribution is 2.40. The summed E-state index contributed by atoms with van der Waals surface area (Å²) in [6.07, 6.45) is 11.9. The van der Waals surface area contributed by atoms with Crippen LogP contribution in [0, 0.1) is 0 Å². The lowest BCUT2D eigenvalue weighted by atomic mass is 9.89. The first-order valence-corrected chi connectivity index (χ1v) is 15.1. The minimum Gasteiger partial charge on any atom is -0.462 e. The molecule has 0 aliphatic carbocycles. The molecule has 1 saturated heterocycles. The van der Waals surface area contributed by atoms with Crippen molar-refractivity contribution in [3.05, 3.63) is 106 Å². The molecule has 3 aliphatic rings. The minimum atomic E-state index is -0.960. The number of likely N-dealkylation sites (N-methyl/N-ethyl adjacent to an activating group) is 1. The number of dihydropyridines is 1. The van der Waals surface area contributed by atoms with Gasteiger partial charge in [0.1, 0.15) is 12.0 Å². The van der Waals surface area contributed by atoms with Crippen LogP contribution in [-0.4, -0.2) is 59.6 Å². The van der Waals surface area contributed by atoms with Gasteiger partial charge >= 0.3 is 0 Å². The van der Waals surface area contributed by atoms with Gasteiger partial charge < -0.3 is 25.4 Å². The number of ether oxygens (including phenoxy) is 1. The quantitative estimate of drug-likeness (QED) is 0.348. The van der Waals surface area contributed by atoms with Gasteiger partial charge in [0.2, 0.25) is 5.91 Å². The minimum absolute atomic E-state index is 0.0570. The summed E-state index contributed by atoms with van der Waals surface area (Å²) in [6, 6.07) is 14.1. The molecule has 0 bridgehead atoms. The molecule has 3 heterocycles. The van der Waals surface area contributed by atoms with E-state index in [1.54, 1.807) is 20.1 Å². The number of hydrogen-bond acceptors (Lipinski definition) is 6. The van der Waals surface area contributed by atoms with Gasteiger partial charge in [0.15, 0.2) is 0 Å². The highest BCUT2D eigenvalue weighted by atomic mass is 35.5. The van der Waals surface area contributed by atoms with Crippen molar-refractivity contribution in [1.82, 2.24) is 20.4 Å². The average molecular weight is 589 g/mol. The van der Waals surface area contributed by atoms with Crippen LogP contribution in [0.25, 0.3) is 5.57 Å². The third-order valence-electron chi connectivity index (χ3n) is 8.04. The van der Waals surface area contributed by atoms with Gasteiger partial charge in [0, 0.05) is 54.6 Å². The van der Waals surface area contributed by atoms with E-state index in [-0.39, 0.29) is 5.91 Å². The van der Waals surface area contributed by atoms with Crippen LogP contribution in [0.15, 0.2) is 84.4 Å². The second kappa shape index (κ2) is 13.3. The van der Waals surface area contributed by atoms with E-state index in [0.29, 0.717) is 30.7 Å². The number of nitrogens with one attached hydrogen (secondary N) is 2. The number of likely N-dealkylation sites (tertiary alicyclic amines) is 1. The molecule has 3 N–H and O–H groups in total. The van der Waals surface area contributed by atoms with Crippen LogP contribution in [0.2, 0.25) is 5.02 Å². The van der Waals surface area contributed by atoms with E-state index >= 15 is 0 Å². The fourth-order valence-electron chi connectivity index (χ4n) is 5.77. The van der Waals surface area contributed by atoms with Crippen LogP contribution in [0.5, 0.6) is 5.75 Å². The summed E-state index contributed by atoms with van der Waals surface area (Å²) in [7, 11) is 0. The Morgan fingerprint density at radius 3 is 2.83 bits per heavy atom. The Balaban J connectivity index is 1.31. The van der Waals surface area contributed by atoms with Crippen LogP contribution in [-0.2, 0) is 16.9 Å². The van der Waals surface area contributed by atoms with Gasteiger partial charge in [-0.2, -0.15) is 0 Å². The maximum Gasteiger partial charge on any atom is 0.234 e. The van der Waals surface area contributed by atoms with E-state index in [9.17, 15) is 9.90 Å². The van der Waals surface area contributed by atoms with E-state index in [1.807, 2.05) is 61.7 Å². The molecule has 2 aromatic rings. The van der Waals surface area contributed by atoms with Crippen LogP contribution >= 0.6 is 11.6 Å². The fourth-order valence-corrected chi connectivity index (χ4v) is 5.90. The molecule has 1 atom stereocenters. The number of carbonyl (C=O) groups is 1. The van der Waals surface area contributed by atoms with Crippen molar-refractivity contribution < 1.29 is 14.6 Å². The lowest BCUT2D eigenvalue weighted by molar-refractivity contribution is -0.122. The number of rotatable bonds is 10. The Kier molecular flexibility index (Phi) is 9.53. The van der Waals surface area contributed by atoms with Crippen LogP contribution in [0.4, 0.5) is 0 Å². The SMILES string of the molecule is CCNC(=O)CN(Cc1ccc(Cl)cc1)C1CCN(CCC=C2C3=CC=CNC3=COc3ccc(C(C)(C)O)cc32)C1. The molecule has 8 heteroatoms. The Hall–Kier alpha value is -3.36. The second-order valence-electron chi connectivity index (χ2n) is 11.6. The number of nitrogens with zero attached hydrogens (tertiary/aromatic N) is 2. The van der Waals surface area contributed by atoms with Crippen molar-refractivity contribution in [2.45, 2.75) is 51.8 Å². The van der Waals surface area contributed by atoms with Crippen LogP contribution in [0.3, 0.4) is 0 Å². The summed E-state index contributed by atoms with van der Waals surface area (Å²) in [5, 5.41) is 17.7. The van der Waals surface area contributed by atoms with Gasteiger partial charge in [-0.1, -0.05) is 42.0 Å². The van der Waals surface area contributed by atoms with E-state index < -0.39 is 5.60 Å². The smallest absolute Gasteiger partial charge is 0.234 e. The molecule has 0 aromatic heterocycles. The third-order valence-corrected chi connectivity index (χ3v) is 8.29. The van der Waals surface area contributed by atoms with Gasteiger partial charge in [-0.3, -0.25) is 9.69 Å². The Morgan fingerprint density at radius 2 is 2.07 bits per heavy atom. The van der Waals surface area contributed by atoms with E-state index in [1.165, 1.54) is 0 Å². The van der Waals surface area contributed by atoms with Crippen molar-refractivity contribution in [3.63, 3.8) is 0 Å². The standard InChI is InChI=1S/C34H41ClN4O3/c1-4-36-33(40)22-39(20-24-9-12-26(35)13-10-24)27-15-18-38(21-27)17-6-8-28-29-7-5-16-37-31(29)23-42-32-14-11-25(19-30(28)32)34(2,3)41/h5,7-14,16,19,23,27,37,41H,4,6,15,17-18,20-22H2,1-3H3,(H,36,40). The lowest BCUT2D eigenvalue weighted by Crippen LogP contribution is -2.43. The maximum absolute atomic E-state index is 12.6. The molecule has 3 aliphatic heterocycles. The van der Waals surface area contributed by atoms with Gasteiger partial charge in [-0.05, 0) is 87.2 Å². The van der Waals surface area contributed by atoms with Gasteiger partial charge in [0.05, 0.1) is 17.8 Å².